The van der Waals surface area contributed by atoms with Gasteiger partial charge in [0.05, 0.1) is 7.11 Å². The molecule has 29 heavy (non-hydrogen) atoms. The first-order valence-electron chi connectivity index (χ1n) is 9.78. The lowest BCUT2D eigenvalue weighted by Crippen LogP contribution is -2.50. The van der Waals surface area contributed by atoms with E-state index in [9.17, 15) is 13.2 Å². The van der Waals surface area contributed by atoms with Gasteiger partial charge < -0.3 is 10.1 Å². The fourth-order valence-corrected chi connectivity index (χ4v) is 4.58. The highest BCUT2D eigenvalue weighted by molar-refractivity contribution is 7.89. The van der Waals surface area contributed by atoms with Gasteiger partial charge in [-0.05, 0) is 49.9 Å². The van der Waals surface area contributed by atoms with Crippen LogP contribution >= 0.6 is 0 Å². The van der Waals surface area contributed by atoms with Crippen LogP contribution in [0.1, 0.15) is 37.8 Å². The Hall–Kier alpha value is -2.38. The third-order valence-corrected chi connectivity index (χ3v) is 6.11. The number of hydrogen-bond donors (Lipinski definition) is 2. The molecule has 7 heteroatoms. The van der Waals surface area contributed by atoms with Gasteiger partial charge in [-0.3, -0.25) is 4.79 Å². The van der Waals surface area contributed by atoms with Crippen LogP contribution in [0.15, 0.2) is 53.4 Å². The Bertz CT molecular complexity index is 914. The summed E-state index contributed by atoms with van der Waals surface area (Å²) in [6, 6.07) is 13.3. The van der Waals surface area contributed by atoms with Gasteiger partial charge in [-0.1, -0.05) is 49.7 Å². The second kappa shape index (κ2) is 10.4. The monoisotopic (exact) mass is 418 g/mol. The van der Waals surface area contributed by atoms with Gasteiger partial charge in [-0.15, -0.1) is 0 Å². The lowest BCUT2D eigenvalue weighted by Gasteiger charge is -2.22. The van der Waals surface area contributed by atoms with Crippen molar-refractivity contribution in [1.29, 1.82) is 0 Å². The predicted octanol–water partition coefficient (Wildman–Crippen LogP) is 3.20. The van der Waals surface area contributed by atoms with Gasteiger partial charge in [-0.25, -0.2) is 8.42 Å². The van der Waals surface area contributed by atoms with Crippen molar-refractivity contribution in [3.8, 4) is 5.75 Å². The summed E-state index contributed by atoms with van der Waals surface area (Å²) in [7, 11) is -2.55. The first-order chi connectivity index (χ1) is 13.8. The quantitative estimate of drug-likeness (QED) is 0.621. The van der Waals surface area contributed by atoms with Crippen LogP contribution in [0.3, 0.4) is 0 Å². The number of methoxy groups -OCH3 is 1. The molecule has 2 N–H and O–H groups in total. The van der Waals surface area contributed by atoms with Gasteiger partial charge in [0.1, 0.15) is 16.7 Å². The van der Waals surface area contributed by atoms with E-state index in [2.05, 4.69) is 10.0 Å². The minimum atomic E-state index is -3.97. The molecule has 2 atom stereocenters. The summed E-state index contributed by atoms with van der Waals surface area (Å²) in [6.45, 7) is 5.76. The van der Waals surface area contributed by atoms with Crippen LogP contribution < -0.4 is 14.8 Å². The lowest BCUT2D eigenvalue weighted by atomic mass is 10.1. The van der Waals surface area contributed by atoms with Crippen molar-refractivity contribution in [3.05, 3.63) is 59.7 Å². The molecule has 0 aromatic heterocycles. The summed E-state index contributed by atoms with van der Waals surface area (Å²) in [5.74, 6) is -0.105. The fraction of sp³-hybridized carbons (Fsp3) is 0.409. The maximum atomic E-state index is 13.1. The van der Waals surface area contributed by atoms with Gasteiger partial charge >= 0.3 is 0 Å². The molecule has 2 aromatic rings. The highest BCUT2D eigenvalue weighted by Crippen LogP contribution is 2.25. The first-order valence-corrected chi connectivity index (χ1v) is 11.3. The third-order valence-electron chi connectivity index (χ3n) is 4.62. The first kappa shape index (κ1) is 22.9. The zero-order chi connectivity index (χ0) is 21.4. The molecule has 0 radical (unpaired) electrons. The number of carbonyl (C=O) groups excluding carboxylic acids is 1. The zero-order valence-corrected chi connectivity index (χ0v) is 18.3. The maximum absolute atomic E-state index is 13.1. The molecule has 0 heterocycles. The van der Waals surface area contributed by atoms with Crippen molar-refractivity contribution >= 4 is 15.9 Å². The molecule has 0 bridgehead atoms. The summed E-state index contributed by atoms with van der Waals surface area (Å²) in [5.41, 5.74) is 1.65. The van der Waals surface area contributed by atoms with E-state index in [-0.39, 0.29) is 29.0 Å². The fourth-order valence-electron chi connectivity index (χ4n) is 3.13. The molecule has 0 aliphatic heterocycles. The maximum Gasteiger partial charge on any atom is 0.244 e. The van der Waals surface area contributed by atoms with Crippen LogP contribution in [0.2, 0.25) is 0 Å². The normalized spacial score (nSPS) is 13.5. The van der Waals surface area contributed by atoms with Crippen molar-refractivity contribution in [2.75, 3.05) is 7.11 Å². The van der Waals surface area contributed by atoms with Crippen LogP contribution in [0.25, 0.3) is 0 Å². The van der Waals surface area contributed by atoms with E-state index in [4.69, 9.17) is 4.74 Å². The molecule has 2 aromatic carbocycles. The Morgan fingerprint density at radius 3 is 2.45 bits per heavy atom. The molecule has 0 aliphatic carbocycles. The van der Waals surface area contributed by atoms with E-state index >= 15 is 0 Å². The summed E-state index contributed by atoms with van der Waals surface area (Å²) in [6.07, 6.45) is 2.00. The molecule has 2 unspecified atom stereocenters. The van der Waals surface area contributed by atoms with E-state index in [0.29, 0.717) is 0 Å². The number of rotatable bonds is 10. The van der Waals surface area contributed by atoms with E-state index in [0.717, 1.165) is 24.0 Å². The Morgan fingerprint density at radius 2 is 1.83 bits per heavy atom. The van der Waals surface area contributed by atoms with Crippen LogP contribution in [0, 0.1) is 6.92 Å². The number of carbonyl (C=O) groups is 1. The Morgan fingerprint density at radius 1 is 1.14 bits per heavy atom. The summed E-state index contributed by atoms with van der Waals surface area (Å²) in [5, 5.41) is 2.92. The van der Waals surface area contributed by atoms with Crippen molar-refractivity contribution in [2.24, 2.45) is 0 Å². The number of hydrogen-bond acceptors (Lipinski definition) is 4. The number of sulfonamides is 1. The Labute approximate surface area is 173 Å². The summed E-state index contributed by atoms with van der Waals surface area (Å²) in [4.78, 5) is 12.9. The van der Waals surface area contributed by atoms with Crippen molar-refractivity contribution in [3.63, 3.8) is 0 Å². The molecule has 0 saturated heterocycles. The van der Waals surface area contributed by atoms with E-state index in [1.54, 1.807) is 25.1 Å². The molecule has 1 amide bonds. The molecule has 0 spiro atoms. The van der Waals surface area contributed by atoms with Crippen LogP contribution in [-0.4, -0.2) is 33.5 Å². The highest BCUT2D eigenvalue weighted by atomic mass is 32.2. The second-order valence-corrected chi connectivity index (χ2v) is 8.90. The summed E-state index contributed by atoms with van der Waals surface area (Å²) < 4.78 is 34.0. The highest BCUT2D eigenvalue weighted by Gasteiger charge is 2.28. The Kier molecular flexibility index (Phi) is 8.22. The Balaban J connectivity index is 2.32. The molecule has 6 nitrogen and oxygen atoms in total. The predicted molar refractivity (Wildman–Crippen MR) is 114 cm³/mol. The van der Waals surface area contributed by atoms with Gasteiger partial charge in [0.15, 0.2) is 0 Å². The van der Waals surface area contributed by atoms with E-state index in [1.807, 2.05) is 44.2 Å². The number of nitrogens with one attached hydrogen (secondary N) is 2. The molecule has 0 aliphatic rings. The molecular weight excluding hydrogens is 388 g/mol. The van der Waals surface area contributed by atoms with Gasteiger partial charge in [0.2, 0.25) is 15.9 Å². The minimum Gasteiger partial charge on any atom is -0.495 e. The number of aryl methyl sites for hydroxylation is 1. The van der Waals surface area contributed by atoms with E-state index < -0.39 is 16.1 Å². The SMILES string of the molecule is CCCC(C)NC(=O)C(Cc1ccccc1)NS(=O)(=O)c1cc(C)ccc1OC. The van der Waals surface area contributed by atoms with Crippen molar-refractivity contribution in [1.82, 2.24) is 10.0 Å². The van der Waals surface area contributed by atoms with Crippen LogP contribution in [-0.2, 0) is 21.2 Å². The zero-order valence-electron chi connectivity index (χ0n) is 17.4. The smallest absolute Gasteiger partial charge is 0.244 e. The summed E-state index contributed by atoms with van der Waals surface area (Å²) >= 11 is 0. The second-order valence-electron chi connectivity index (χ2n) is 7.22. The van der Waals surface area contributed by atoms with Gasteiger partial charge in [0, 0.05) is 6.04 Å². The van der Waals surface area contributed by atoms with Crippen molar-refractivity contribution in [2.45, 2.75) is 57.0 Å². The molecule has 0 fully saturated rings. The average Bonchev–Trinajstić information content (AvgIpc) is 2.68. The van der Waals surface area contributed by atoms with Crippen molar-refractivity contribution < 1.29 is 17.9 Å². The van der Waals surface area contributed by atoms with Crippen LogP contribution in [0.5, 0.6) is 5.75 Å². The third kappa shape index (κ3) is 6.58. The molecule has 2 rings (SSSR count). The van der Waals surface area contributed by atoms with E-state index in [1.165, 1.54) is 7.11 Å². The number of ether oxygens (including phenoxy) is 1. The molecular formula is C22H30N2O4S. The standard InChI is InChI=1S/C22H30N2O4S/c1-5-9-17(3)23-22(25)19(15-18-10-7-6-8-11-18)24-29(26,27)21-14-16(2)12-13-20(21)28-4/h6-8,10-14,17,19,24H,5,9,15H2,1-4H3,(H,23,25). The largest absolute Gasteiger partial charge is 0.495 e. The molecule has 0 saturated carbocycles. The van der Waals surface area contributed by atoms with Gasteiger partial charge in [-0.2, -0.15) is 4.72 Å². The minimum absolute atomic E-state index is 0.0208. The lowest BCUT2D eigenvalue weighted by molar-refractivity contribution is -0.123. The number of benzene rings is 2. The van der Waals surface area contributed by atoms with Gasteiger partial charge in [0.25, 0.3) is 0 Å². The number of amides is 1. The topological polar surface area (TPSA) is 84.5 Å². The van der Waals surface area contributed by atoms with Crippen LogP contribution in [0.4, 0.5) is 0 Å². The molecule has 158 valence electrons. The average molecular weight is 419 g/mol.